The van der Waals surface area contributed by atoms with Gasteiger partial charge in [-0.05, 0) is 55.2 Å². The van der Waals surface area contributed by atoms with Gasteiger partial charge >= 0.3 is 0 Å². The first kappa shape index (κ1) is 21.6. The molecular formula is C24H26O7. The summed E-state index contributed by atoms with van der Waals surface area (Å²) in [5, 5.41) is 22.1. The van der Waals surface area contributed by atoms with E-state index < -0.39 is 64.1 Å². The fourth-order valence-electron chi connectivity index (χ4n) is 6.24. The number of hydrogen-bond acceptors (Lipinski definition) is 7. The van der Waals surface area contributed by atoms with E-state index in [4.69, 9.17) is 0 Å². The van der Waals surface area contributed by atoms with Crippen LogP contribution < -0.4 is 0 Å². The summed E-state index contributed by atoms with van der Waals surface area (Å²) in [5.74, 6) is -9.55. The molecule has 0 aliphatic heterocycles. The van der Waals surface area contributed by atoms with Crippen LogP contribution in [0.4, 0.5) is 0 Å². The van der Waals surface area contributed by atoms with Crippen LogP contribution in [0.3, 0.4) is 0 Å². The maximum Gasteiger partial charge on any atom is 0.190 e. The molecule has 3 aliphatic carbocycles. The number of rotatable bonds is 1. The molecule has 0 heterocycles. The summed E-state index contributed by atoms with van der Waals surface area (Å²) < 4.78 is 0. The number of aromatic hydroxyl groups is 1. The van der Waals surface area contributed by atoms with Crippen molar-refractivity contribution >= 4 is 28.9 Å². The highest BCUT2D eigenvalue weighted by atomic mass is 16.3. The second-order valence-electron chi connectivity index (χ2n) is 9.51. The van der Waals surface area contributed by atoms with Gasteiger partial charge in [0.15, 0.2) is 28.7 Å². The summed E-state index contributed by atoms with van der Waals surface area (Å²) in [6, 6.07) is 1.84. The smallest absolute Gasteiger partial charge is 0.190 e. The summed E-state index contributed by atoms with van der Waals surface area (Å²) in [6.45, 7) is 8.18. The average molecular weight is 426 g/mol. The fourth-order valence-corrected chi connectivity index (χ4v) is 6.24. The zero-order valence-electron chi connectivity index (χ0n) is 18.2. The first-order valence-corrected chi connectivity index (χ1v) is 10.6. The van der Waals surface area contributed by atoms with Crippen LogP contribution in [0.2, 0.25) is 0 Å². The molecule has 7 heteroatoms. The number of aryl methyl sites for hydroxylation is 1. The van der Waals surface area contributed by atoms with Gasteiger partial charge in [-0.15, -0.1) is 0 Å². The molecule has 0 spiro atoms. The number of phenols is 1. The predicted molar refractivity (Wildman–Crippen MR) is 109 cm³/mol. The van der Waals surface area contributed by atoms with Crippen molar-refractivity contribution in [3.63, 3.8) is 0 Å². The van der Waals surface area contributed by atoms with Crippen molar-refractivity contribution < 1.29 is 34.2 Å². The van der Waals surface area contributed by atoms with Gasteiger partial charge in [-0.2, -0.15) is 0 Å². The van der Waals surface area contributed by atoms with Crippen LogP contribution in [0.25, 0.3) is 0 Å². The van der Waals surface area contributed by atoms with Gasteiger partial charge in [0.25, 0.3) is 0 Å². The normalized spacial score (nSPS) is 37.2. The molecule has 31 heavy (non-hydrogen) atoms. The Bertz CT molecular complexity index is 1080. The highest BCUT2D eigenvalue weighted by molar-refractivity contribution is 6.31. The summed E-state index contributed by atoms with van der Waals surface area (Å²) >= 11 is 0. The van der Waals surface area contributed by atoms with Gasteiger partial charge in [0.2, 0.25) is 0 Å². The second-order valence-corrected chi connectivity index (χ2v) is 9.51. The molecule has 7 nitrogen and oxygen atoms in total. The average Bonchev–Trinajstić information content (AvgIpc) is 2.69. The molecule has 2 saturated carbocycles. The van der Waals surface area contributed by atoms with Crippen LogP contribution >= 0.6 is 0 Å². The number of phenolic OH excluding ortho intramolecular Hbond substituents is 1. The largest absolute Gasteiger partial charge is 0.507 e. The van der Waals surface area contributed by atoms with E-state index in [0.717, 1.165) is 12.5 Å². The van der Waals surface area contributed by atoms with Gasteiger partial charge in [0.1, 0.15) is 17.5 Å². The fraction of sp³-hybridized carbons (Fsp3) is 0.542. The van der Waals surface area contributed by atoms with E-state index >= 15 is 0 Å². The third-order valence-corrected chi connectivity index (χ3v) is 8.05. The number of carbonyl (C=O) groups excluding carboxylic acids is 5. The third-order valence-electron chi connectivity index (χ3n) is 8.05. The predicted octanol–water partition coefficient (Wildman–Crippen LogP) is 1.85. The number of benzene rings is 1. The lowest BCUT2D eigenvalue weighted by Gasteiger charge is -2.54. The molecule has 0 aromatic heterocycles. The van der Waals surface area contributed by atoms with E-state index in [1.807, 2.05) is 19.9 Å². The lowest BCUT2D eigenvalue weighted by Crippen LogP contribution is -2.70. The molecular weight excluding hydrogens is 400 g/mol. The van der Waals surface area contributed by atoms with E-state index in [2.05, 4.69) is 0 Å². The van der Waals surface area contributed by atoms with E-state index in [1.54, 1.807) is 13.8 Å². The Labute approximate surface area is 179 Å². The molecule has 0 bridgehead atoms. The highest BCUT2D eigenvalue weighted by Gasteiger charge is 2.68. The second kappa shape index (κ2) is 6.66. The maximum absolute atomic E-state index is 13.6. The van der Waals surface area contributed by atoms with Crippen molar-refractivity contribution in [2.75, 3.05) is 0 Å². The van der Waals surface area contributed by atoms with Gasteiger partial charge in [-0.3, -0.25) is 24.0 Å². The lowest BCUT2D eigenvalue weighted by atomic mass is 9.48. The molecule has 1 aromatic carbocycles. The zero-order chi connectivity index (χ0) is 23.2. The Hall–Kier alpha value is -2.67. The van der Waals surface area contributed by atoms with Crippen LogP contribution in [-0.4, -0.2) is 44.7 Å². The summed E-state index contributed by atoms with van der Waals surface area (Å²) in [5.41, 5.74) is -0.531. The molecule has 164 valence electrons. The van der Waals surface area contributed by atoms with Crippen molar-refractivity contribution in [1.82, 2.24) is 0 Å². The minimum Gasteiger partial charge on any atom is -0.507 e. The molecule has 1 aromatic rings. The summed E-state index contributed by atoms with van der Waals surface area (Å²) in [7, 11) is 0. The Morgan fingerprint density at radius 2 is 1.71 bits per heavy atom. The van der Waals surface area contributed by atoms with E-state index in [-0.39, 0.29) is 23.7 Å². The number of aliphatic hydroxyl groups is 1. The highest BCUT2D eigenvalue weighted by Crippen LogP contribution is 2.56. The van der Waals surface area contributed by atoms with Gasteiger partial charge in [-0.25, -0.2) is 0 Å². The number of carbonyl (C=O) groups is 5. The van der Waals surface area contributed by atoms with Crippen LogP contribution in [0, 0.1) is 43.4 Å². The van der Waals surface area contributed by atoms with Crippen molar-refractivity contribution in [1.29, 1.82) is 0 Å². The number of hydrogen-bond donors (Lipinski definition) is 2. The van der Waals surface area contributed by atoms with E-state index in [9.17, 15) is 34.2 Å². The van der Waals surface area contributed by atoms with Crippen LogP contribution in [0.15, 0.2) is 6.07 Å². The quantitative estimate of drug-likeness (QED) is 0.657. The SMILES string of the molecule is CC(=O)C1C(=O)CC2C(C)C3C(C(=O)c4c(cc(C)c(C)c4O)C3C)C(=O)C2(O)C1=O. The van der Waals surface area contributed by atoms with Gasteiger partial charge in [0.05, 0.1) is 11.5 Å². The number of ketones is 5. The van der Waals surface area contributed by atoms with Crippen molar-refractivity contribution in [2.45, 2.75) is 52.6 Å². The molecule has 0 amide bonds. The standard InChI is InChI=1S/C24H26O7/c1-8-6-13-10(3)16-11(4)14-7-15(26)17(12(5)25)22(29)24(14,31)23(30)19(16)21(28)18(13)20(27)9(8)2/h6,10-11,14,16-17,19,27,31H,7H2,1-5H3. The third kappa shape index (κ3) is 2.53. The first-order chi connectivity index (χ1) is 14.3. The lowest BCUT2D eigenvalue weighted by molar-refractivity contribution is -0.181. The monoisotopic (exact) mass is 426 g/mol. The van der Waals surface area contributed by atoms with E-state index in [0.29, 0.717) is 11.1 Å². The number of fused-ring (bicyclic) bond motifs is 3. The Balaban J connectivity index is 1.92. The van der Waals surface area contributed by atoms with Gasteiger partial charge in [0, 0.05) is 12.3 Å². The molecule has 7 unspecified atom stereocenters. The molecule has 0 saturated heterocycles. The Morgan fingerprint density at radius 3 is 2.29 bits per heavy atom. The van der Waals surface area contributed by atoms with Gasteiger partial charge in [-0.1, -0.05) is 19.9 Å². The van der Waals surface area contributed by atoms with Crippen LogP contribution in [0.1, 0.15) is 60.2 Å². The number of Topliss-reactive ketones (excluding diaryl/α,β-unsaturated/α-hetero) is 5. The molecule has 7 atom stereocenters. The zero-order valence-corrected chi connectivity index (χ0v) is 18.2. The molecule has 0 radical (unpaired) electrons. The molecule has 3 aliphatic rings. The van der Waals surface area contributed by atoms with Crippen molar-refractivity contribution in [3.05, 3.63) is 28.3 Å². The van der Waals surface area contributed by atoms with Crippen molar-refractivity contribution in [3.8, 4) is 5.75 Å². The summed E-state index contributed by atoms with van der Waals surface area (Å²) in [6.07, 6.45) is -0.269. The Kier molecular flexibility index (Phi) is 4.63. The maximum atomic E-state index is 13.6. The first-order valence-electron chi connectivity index (χ1n) is 10.6. The van der Waals surface area contributed by atoms with Gasteiger partial charge < -0.3 is 10.2 Å². The Morgan fingerprint density at radius 1 is 1.10 bits per heavy atom. The topological polar surface area (TPSA) is 126 Å². The minimum atomic E-state index is -2.56. The molecule has 2 N–H and O–H groups in total. The minimum absolute atomic E-state index is 0.0573. The van der Waals surface area contributed by atoms with Crippen LogP contribution in [0.5, 0.6) is 5.75 Å². The van der Waals surface area contributed by atoms with Crippen molar-refractivity contribution in [2.24, 2.45) is 29.6 Å². The van der Waals surface area contributed by atoms with E-state index in [1.165, 1.54) is 0 Å². The van der Waals surface area contributed by atoms with Crippen LogP contribution in [-0.2, 0) is 19.2 Å². The molecule has 4 rings (SSSR count). The molecule has 2 fully saturated rings. The summed E-state index contributed by atoms with van der Waals surface area (Å²) in [4.78, 5) is 64.7.